The number of piperazine rings is 1. The summed E-state index contributed by atoms with van der Waals surface area (Å²) in [6.45, 7) is 8.67. The molecular formula is C47H54N8O13S. The largest absolute Gasteiger partial charge is 0.463 e. The smallest absolute Gasteiger partial charge is 0.418 e. The van der Waals surface area contributed by atoms with E-state index in [1.54, 1.807) is 108 Å². The number of ether oxygens (including phenoxy) is 5. The van der Waals surface area contributed by atoms with E-state index < -0.39 is 40.6 Å². The second-order valence-corrected chi connectivity index (χ2v) is 17.8. The summed E-state index contributed by atoms with van der Waals surface area (Å²) in [6, 6.07) is 30.1. The molecule has 2 atom stereocenters. The fourth-order valence-electron chi connectivity index (χ4n) is 7.11. The van der Waals surface area contributed by atoms with E-state index in [4.69, 9.17) is 34.5 Å². The Balaban J connectivity index is 0.000000235. The van der Waals surface area contributed by atoms with Gasteiger partial charge in [-0.25, -0.2) is 19.2 Å². The number of nitrogens with one attached hydrogen (secondary N) is 4. The average Bonchev–Trinajstić information content (AvgIpc) is 3.88. The molecule has 366 valence electrons. The number of para-hydroxylation sites is 2. The van der Waals surface area contributed by atoms with Crippen molar-refractivity contribution in [3.8, 4) is 11.5 Å². The Morgan fingerprint density at radius 2 is 1.10 bits per heavy atom. The van der Waals surface area contributed by atoms with E-state index >= 15 is 0 Å². The SMILES string of the molecule is CC(C)OC(=O)CCN1CCN(CC2CN(c3ccc(C(=N)NC(=O)Oc4ccccc4)cc3)C(=O)O2)CC1.CS(=O)(=O)OCC1CN(c2ccc(C(=N)NC(=O)Oc3ccccc3)cc2)C(=O)O1. The fraction of sp³-hybridized carbons (Fsp3) is 0.340. The lowest BCUT2D eigenvalue weighted by Crippen LogP contribution is -2.49. The lowest BCUT2D eigenvalue weighted by Gasteiger charge is -2.35. The molecular weight excluding hydrogens is 917 g/mol. The Hall–Kier alpha value is -7.40. The first kappa shape index (κ1) is 51.0. The molecule has 3 fully saturated rings. The molecule has 0 saturated carbocycles. The first-order chi connectivity index (χ1) is 33.0. The van der Waals surface area contributed by atoms with E-state index in [1.807, 2.05) is 19.9 Å². The standard InChI is InChI=1S/C28H35N5O6.C19H19N3O7S/c1-20(2)37-25(34)12-13-31-14-16-32(17-15-31)18-24-19-33(28(36)39-24)22-10-8-21(9-11-22)26(29)30-27(35)38-23-6-4-3-5-7-23;1-30(25,26)27-12-16-11-22(19(24)29-16)14-9-7-13(8-10-14)17(20)21-18(23)28-15-5-3-2-4-6-15/h3-11,20,24H,12-19H2,1-2H3,(H2,29,30,35);2-10,16H,11-12H2,1H3,(H2,20,21,23). The highest BCUT2D eigenvalue weighted by molar-refractivity contribution is 7.86. The molecule has 0 radical (unpaired) electrons. The molecule has 22 heteroatoms. The van der Waals surface area contributed by atoms with Crippen LogP contribution >= 0.6 is 0 Å². The monoisotopic (exact) mass is 970 g/mol. The molecule has 3 saturated heterocycles. The number of amides is 4. The van der Waals surface area contributed by atoms with Crippen LogP contribution in [-0.4, -0.2) is 144 Å². The molecule has 0 aliphatic carbocycles. The van der Waals surface area contributed by atoms with Crippen LogP contribution in [0.4, 0.5) is 30.6 Å². The Bertz CT molecular complexity index is 2540. The van der Waals surface area contributed by atoms with E-state index in [9.17, 15) is 32.4 Å². The normalized spacial score (nSPS) is 17.2. The highest BCUT2D eigenvalue weighted by atomic mass is 32.2. The second kappa shape index (κ2) is 24.1. The molecule has 3 heterocycles. The van der Waals surface area contributed by atoms with E-state index in [0.717, 1.165) is 32.4 Å². The van der Waals surface area contributed by atoms with Crippen molar-refractivity contribution in [3.63, 3.8) is 0 Å². The van der Waals surface area contributed by atoms with Crippen LogP contribution in [-0.2, 0) is 33.3 Å². The van der Waals surface area contributed by atoms with Crippen molar-refractivity contribution in [2.24, 2.45) is 0 Å². The van der Waals surface area contributed by atoms with Crippen LogP contribution in [0.5, 0.6) is 11.5 Å². The Morgan fingerprint density at radius 1 is 0.667 bits per heavy atom. The summed E-state index contributed by atoms with van der Waals surface area (Å²) in [5.41, 5.74) is 2.02. The summed E-state index contributed by atoms with van der Waals surface area (Å²) in [6.07, 6.45) is -2.36. The zero-order valence-corrected chi connectivity index (χ0v) is 39.0. The van der Waals surface area contributed by atoms with Crippen molar-refractivity contribution in [2.45, 2.75) is 38.6 Å². The Morgan fingerprint density at radius 3 is 1.55 bits per heavy atom. The van der Waals surface area contributed by atoms with Crippen LogP contribution in [0.2, 0.25) is 0 Å². The second-order valence-electron chi connectivity index (χ2n) is 16.2. The van der Waals surface area contributed by atoms with Gasteiger partial charge < -0.3 is 28.6 Å². The lowest BCUT2D eigenvalue weighted by atomic mass is 10.1. The summed E-state index contributed by atoms with van der Waals surface area (Å²) in [4.78, 5) is 67.7. The maximum Gasteiger partial charge on any atom is 0.418 e. The maximum absolute atomic E-state index is 12.6. The number of anilines is 2. The van der Waals surface area contributed by atoms with Gasteiger partial charge in [0.2, 0.25) is 0 Å². The molecule has 0 aromatic heterocycles. The Kier molecular flexibility index (Phi) is 17.8. The van der Waals surface area contributed by atoms with Crippen LogP contribution < -0.4 is 29.9 Å². The molecule has 3 aliphatic rings. The quantitative estimate of drug-likeness (QED) is 0.0393. The van der Waals surface area contributed by atoms with Crippen LogP contribution in [0.1, 0.15) is 31.4 Å². The number of cyclic esters (lactones) is 2. The summed E-state index contributed by atoms with van der Waals surface area (Å²) in [7, 11) is -3.63. The number of carbonyl (C=O) groups is 5. The zero-order chi connectivity index (χ0) is 49.5. The predicted octanol–water partition coefficient (Wildman–Crippen LogP) is 5.19. The first-order valence-electron chi connectivity index (χ1n) is 21.9. The van der Waals surface area contributed by atoms with Gasteiger partial charge in [0.1, 0.15) is 42.0 Å². The molecule has 4 aromatic carbocycles. The van der Waals surface area contributed by atoms with E-state index in [1.165, 1.54) is 4.90 Å². The van der Waals surface area contributed by atoms with E-state index in [-0.39, 0.29) is 43.0 Å². The number of rotatable bonds is 15. The van der Waals surface area contributed by atoms with Gasteiger partial charge in [0.25, 0.3) is 10.1 Å². The molecule has 7 rings (SSSR count). The highest BCUT2D eigenvalue weighted by Crippen LogP contribution is 2.25. The number of benzene rings is 4. The average molecular weight is 971 g/mol. The number of nitrogens with zero attached hydrogens (tertiary/aromatic N) is 4. The van der Waals surface area contributed by atoms with Gasteiger partial charge in [-0.2, -0.15) is 8.42 Å². The summed E-state index contributed by atoms with van der Waals surface area (Å²) in [5, 5.41) is 20.9. The number of esters is 1. The van der Waals surface area contributed by atoms with Crippen LogP contribution in [0, 0.1) is 10.8 Å². The van der Waals surface area contributed by atoms with Gasteiger partial charge in [-0.15, -0.1) is 0 Å². The fourth-order valence-corrected chi connectivity index (χ4v) is 7.51. The third-order valence-electron chi connectivity index (χ3n) is 10.4. The molecule has 21 nitrogen and oxygen atoms in total. The third-order valence-corrected chi connectivity index (χ3v) is 11.0. The van der Waals surface area contributed by atoms with E-state index in [0.29, 0.717) is 60.1 Å². The summed E-state index contributed by atoms with van der Waals surface area (Å²) < 4.78 is 52.9. The van der Waals surface area contributed by atoms with Gasteiger partial charge in [0, 0.05) is 61.8 Å². The van der Waals surface area contributed by atoms with Gasteiger partial charge in [0.15, 0.2) is 0 Å². The van der Waals surface area contributed by atoms with Gasteiger partial charge in [-0.3, -0.25) is 45.1 Å². The molecule has 0 spiro atoms. The van der Waals surface area contributed by atoms with Crippen molar-refractivity contribution >= 4 is 63.5 Å². The van der Waals surface area contributed by atoms with Gasteiger partial charge in [0.05, 0.1) is 31.9 Å². The minimum atomic E-state index is -3.63. The zero-order valence-electron chi connectivity index (χ0n) is 38.2. The van der Waals surface area contributed by atoms with Crippen LogP contribution in [0.15, 0.2) is 109 Å². The predicted molar refractivity (Wildman–Crippen MR) is 252 cm³/mol. The van der Waals surface area contributed by atoms with Gasteiger partial charge >= 0.3 is 30.3 Å². The lowest BCUT2D eigenvalue weighted by molar-refractivity contribution is -0.147. The summed E-state index contributed by atoms with van der Waals surface area (Å²) >= 11 is 0. The van der Waals surface area contributed by atoms with Crippen molar-refractivity contribution in [1.29, 1.82) is 10.8 Å². The minimum absolute atomic E-state index is 0.0950. The molecule has 4 aromatic rings. The van der Waals surface area contributed by atoms with Gasteiger partial charge in [-0.1, -0.05) is 36.4 Å². The van der Waals surface area contributed by atoms with Gasteiger partial charge in [-0.05, 0) is 86.6 Å². The Labute approximate surface area is 399 Å². The van der Waals surface area contributed by atoms with Crippen LogP contribution in [0.25, 0.3) is 0 Å². The summed E-state index contributed by atoms with van der Waals surface area (Å²) in [5.74, 6) is 0.272. The third kappa shape index (κ3) is 16.1. The first-order valence-corrected chi connectivity index (χ1v) is 23.7. The number of hydrogen-bond acceptors (Lipinski definition) is 17. The van der Waals surface area contributed by atoms with Crippen molar-refractivity contribution < 1.29 is 60.3 Å². The molecule has 3 aliphatic heterocycles. The maximum atomic E-state index is 12.6. The topological polar surface area (TPSA) is 260 Å². The highest BCUT2D eigenvalue weighted by Gasteiger charge is 2.35. The number of carbonyl (C=O) groups excluding carboxylic acids is 5. The van der Waals surface area contributed by atoms with Crippen molar-refractivity contribution in [1.82, 2.24) is 20.4 Å². The molecule has 4 N–H and O–H groups in total. The van der Waals surface area contributed by atoms with Crippen LogP contribution in [0.3, 0.4) is 0 Å². The molecule has 4 amide bonds. The number of hydrogen-bond donors (Lipinski definition) is 4. The van der Waals surface area contributed by atoms with Crippen molar-refractivity contribution in [2.75, 3.05) is 75.0 Å². The molecule has 69 heavy (non-hydrogen) atoms. The number of amidine groups is 2. The minimum Gasteiger partial charge on any atom is -0.463 e. The molecule has 0 bridgehead atoms. The van der Waals surface area contributed by atoms with E-state index in [2.05, 4.69) is 24.6 Å². The molecule has 2 unspecified atom stereocenters. The van der Waals surface area contributed by atoms with Crippen molar-refractivity contribution in [3.05, 3.63) is 120 Å².